The molecule has 2 heterocycles. The van der Waals surface area contributed by atoms with Crippen LogP contribution in [0, 0.1) is 11.8 Å². The largest absolute Gasteiger partial charge is 0.481 e. The molecule has 1 aliphatic carbocycles. The van der Waals surface area contributed by atoms with Crippen molar-refractivity contribution in [3.63, 3.8) is 0 Å². The number of fused-ring (bicyclic) bond motifs is 1. The van der Waals surface area contributed by atoms with Crippen LogP contribution in [0.15, 0.2) is 23.6 Å². The summed E-state index contributed by atoms with van der Waals surface area (Å²) in [5.74, 6) is 0.681. The molecule has 0 aromatic carbocycles. The summed E-state index contributed by atoms with van der Waals surface area (Å²) < 4.78 is 2.17. The Kier molecular flexibility index (Phi) is 4.14. The fraction of sp³-hybridized carbons (Fsp3) is 0.533. The zero-order valence-electron chi connectivity index (χ0n) is 12.0. The number of aliphatic carboxylic acids is 1. The Morgan fingerprint density at radius 2 is 2.38 bits per heavy atom. The molecule has 0 spiro atoms. The van der Waals surface area contributed by atoms with Gasteiger partial charge in [0.25, 0.3) is 0 Å². The quantitative estimate of drug-likeness (QED) is 0.860. The van der Waals surface area contributed by atoms with Crippen LogP contribution in [0.2, 0.25) is 0 Å². The summed E-state index contributed by atoms with van der Waals surface area (Å²) in [6, 6.07) is 1.96. The minimum Gasteiger partial charge on any atom is -0.481 e. The Labute approximate surface area is 127 Å². The highest BCUT2D eigenvalue weighted by atomic mass is 32.2. The third-order valence-corrected chi connectivity index (χ3v) is 5.05. The first-order valence-corrected chi connectivity index (χ1v) is 8.27. The number of carboxylic acids is 1. The fourth-order valence-electron chi connectivity index (χ4n) is 3.12. The summed E-state index contributed by atoms with van der Waals surface area (Å²) in [5.41, 5.74) is 1.90. The topological polar surface area (TPSA) is 68.0 Å². The summed E-state index contributed by atoms with van der Waals surface area (Å²) >= 11 is 1.29. The molecule has 0 bridgehead atoms. The lowest BCUT2D eigenvalue weighted by molar-refractivity contribution is -0.133. The van der Waals surface area contributed by atoms with Crippen LogP contribution in [0.3, 0.4) is 0 Å². The first-order chi connectivity index (χ1) is 10.1. The van der Waals surface area contributed by atoms with E-state index < -0.39 is 5.97 Å². The maximum absolute atomic E-state index is 10.8. The van der Waals surface area contributed by atoms with Gasteiger partial charge in [-0.3, -0.25) is 9.78 Å². The van der Waals surface area contributed by atoms with Crippen molar-refractivity contribution in [2.24, 2.45) is 11.8 Å². The third kappa shape index (κ3) is 3.20. The molecule has 2 unspecified atom stereocenters. The highest BCUT2D eigenvalue weighted by molar-refractivity contribution is 7.99. The molecule has 2 aromatic heterocycles. The molecule has 2 aromatic rings. The molecule has 21 heavy (non-hydrogen) atoms. The van der Waals surface area contributed by atoms with Gasteiger partial charge >= 0.3 is 5.97 Å². The van der Waals surface area contributed by atoms with Crippen LogP contribution in [0.5, 0.6) is 0 Å². The van der Waals surface area contributed by atoms with Crippen LogP contribution in [-0.2, 0) is 11.3 Å². The minimum absolute atomic E-state index is 0.0395. The second-order valence-electron chi connectivity index (χ2n) is 5.84. The molecule has 0 amide bonds. The number of aromatic nitrogens is 3. The molecule has 1 saturated carbocycles. The van der Waals surface area contributed by atoms with Crippen LogP contribution in [0.4, 0.5) is 0 Å². The molecule has 1 fully saturated rings. The number of carbonyl (C=O) groups is 1. The Bertz CT molecular complexity index is 655. The first kappa shape index (κ1) is 14.4. The molecule has 2 atom stereocenters. The standard InChI is InChI=1S/C15H19N3O2S/c1-10-2-3-11(6-10)8-18-13-4-5-16-7-12(13)17-15(18)21-9-14(19)20/h4-5,7,10-11H,2-3,6,8-9H2,1H3,(H,19,20). The average Bonchev–Trinajstić information content (AvgIpc) is 3.01. The molecular weight excluding hydrogens is 286 g/mol. The van der Waals surface area contributed by atoms with Gasteiger partial charge < -0.3 is 9.67 Å². The molecular formula is C15H19N3O2S. The number of hydrogen-bond acceptors (Lipinski definition) is 4. The lowest BCUT2D eigenvalue weighted by Gasteiger charge is -2.14. The van der Waals surface area contributed by atoms with E-state index in [1.54, 1.807) is 12.4 Å². The summed E-state index contributed by atoms with van der Waals surface area (Å²) in [6.45, 7) is 3.23. The van der Waals surface area contributed by atoms with Crippen LogP contribution in [0.1, 0.15) is 26.2 Å². The Morgan fingerprint density at radius 1 is 1.52 bits per heavy atom. The van der Waals surface area contributed by atoms with Gasteiger partial charge in [0.1, 0.15) is 5.52 Å². The maximum Gasteiger partial charge on any atom is 0.313 e. The number of rotatable bonds is 5. The van der Waals surface area contributed by atoms with Crippen LogP contribution in [0.25, 0.3) is 11.0 Å². The minimum atomic E-state index is -0.814. The SMILES string of the molecule is CC1CCC(Cn2c(SCC(=O)O)nc3cnccc32)C1. The Hall–Kier alpha value is -1.56. The van der Waals surface area contributed by atoms with Gasteiger partial charge in [-0.15, -0.1) is 0 Å². The predicted octanol–water partition coefficient (Wildman–Crippen LogP) is 3.04. The monoisotopic (exact) mass is 305 g/mol. The zero-order chi connectivity index (χ0) is 14.8. The van der Waals surface area contributed by atoms with Gasteiger partial charge in [-0.05, 0) is 30.7 Å². The van der Waals surface area contributed by atoms with Crippen molar-refractivity contribution in [1.82, 2.24) is 14.5 Å². The van der Waals surface area contributed by atoms with E-state index in [0.717, 1.165) is 28.7 Å². The molecule has 1 N–H and O–H groups in total. The van der Waals surface area contributed by atoms with E-state index in [9.17, 15) is 4.79 Å². The maximum atomic E-state index is 10.8. The summed E-state index contributed by atoms with van der Waals surface area (Å²) in [5, 5.41) is 9.68. The molecule has 3 rings (SSSR count). The third-order valence-electron chi connectivity index (χ3n) is 4.08. The molecule has 112 valence electrons. The molecule has 0 saturated heterocycles. The normalized spacial score (nSPS) is 22.0. The number of thioether (sulfide) groups is 1. The first-order valence-electron chi connectivity index (χ1n) is 7.28. The van der Waals surface area contributed by atoms with Gasteiger partial charge in [0.2, 0.25) is 0 Å². The smallest absolute Gasteiger partial charge is 0.313 e. The van der Waals surface area contributed by atoms with Crippen LogP contribution < -0.4 is 0 Å². The van der Waals surface area contributed by atoms with Gasteiger partial charge in [0.15, 0.2) is 5.16 Å². The Morgan fingerprint density at radius 3 is 3.10 bits per heavy atom. The fourth-order valence-corrected chi connectivity index (χ4v) is 3.87. The van der Waals surface area contributed by atoms with Crippen LogP contribution in [-0.4, -0.2) is 31.4 Å². The molecule has 0 aliphatic heterocycles. The van der Waals surface area contributed by atoms with E-state index in [4.69, 9.17) is 5.11 Å². The summed E-state index contributed by atoms with van der Waals surface area (Å²) in [7, 11) is 0. The molecule has 5 nitrogen and oxygen atoms in total. The van der Waals surface area contributed by atoms with Gasteiger partial charge in [0.05, 0.1) is 17.5 Å². The number of carboxylic acid groups (broad SMARTS) is 1. The molecule has 1 aliphatic rings. The Balaban J connectivity index is 1.89. The van der Waals surface area contributed by atoms with E-state index >= 15 is 0 Å². The highest BCUT2D eigenvalue weighted by Crippen LogP contribution is 2.33. The number of imidazole rings is 1. The number of hydrogen-bond donors (Lipinski definition) is 1. The van der Waals surface area contributed by atoms with Crippen molar-refractivity contribution in [1.29, 1.82) is 0 Å². The molecule has 0 radical (unpaired) electrons. The lowest BCUT2D eigenvalue weighted by atomic mass is 10.1. The summed E-state index contributed by atoms with van der Waals surface area (Å²) in [4.78, 5) is 19.5. The van der Waals surface area contributed by atoms with E-state index in [1.165, 1.54) is 31.0 Å². The predicted molar refractivity (Wildman–Crippen MR) is 82.4 cm³/mol. The summed E-state index contributed by atoms with van der Waals surface area (Å²) in [6.07, 6.45) is 7.29. The van der Waals surface area contributed by atoms with Crippen molar-refractivity contribution in [3.8, 4) is 0 Å². The average molecular weight is 305 g/mol. The van der Waals surface area contributed by atoms with Gasteiger partial charge in [-0.2, -0.15) is 0 Å². The second kappa shape index (κ2) is 6.05. The van der Waals surface area contributed by atoms with Crippen molar-refractivity contribution >= 4 is 28.8 Å². The van der Waals surface area contributed by atoms with E-state index in [1.807, 2.05) is 6.07 Å². The van der Waals surface area contributed by atoms with Gasteiger partial charge in [0, 0.05) is 12.7 Å². The van der Waals surface area contributed by atoms with Crippen LogP contribution >= 0.6 is 11.8 Å². The van der Waals surface area contributed by atoms with Crippen molar-refractivity contribution in [2.45, 2.75) is 37.9 Å². The zero-order valence-corrected chi connectivity index (χ0v) is 12.8. The van der Waals surface area contributed by atoms with E-state index in [0.29, 0.717) is 5.92 Å². The van der Waals surface area contributed by atoms with E-state index in [2.05, 4.69) is 21.5 Å². The van der Waals surface area contributed by atoms with Crippen molar-refractivity contribution in [2.75, 3.05) is 5.75 Å². The van der Waals surface area contributed by atoms with Gasteiger partial charge in [-0.1, -0.05) is 25.1 Å². The number of pyridine rings is 1. The lowest BCUT2D eigenvalue weighted by Crippen LogP contribution is -2.10. The van der Waals surface area contributed by atoms with Crippen molar-refractivity contribution in [3.05, 3.63) is 18.5 Å². The second-order valence-corrected chi connectivity index (χ2v) is 6.78. The number of nitrogens with zero attached hydrogens (tertiary/aromatic N) is 3. The highest BCUT2D eigenvalue weighted by Gasteiger charge is 2.23. The molecule has 6 heteroatoms. The van der Waals surface area contributed by atoms with Crippen molar-refractivity contribution < 1.29 is 9.90 Å². The van der Waals surface area contributed by atoms with E-state index in [-0.39, 0.29) is 5.75 Å². The van der Waals surface area contributed by atoms with Gasteiger partial charge in [-0.25, -0.2) is 4.98 Å².